The van der Waals surface area contributed by atoms with Crippen LogP contribution >= 0.6 is 0 Å². The van der Waals surface area contributed by atoms with Crippen LogP contribution in [0.1, 0.15) is 94.9 Å². The summed E-state index contributed by atoms with van der Waals surface area (Å²) in [5, 5.41) is -0.284. The van der Waals surface area contributed by atoms with Gasteiger partial charge in [0.2, 0.25) is 0 Å². The third-order valence-electron chi connectivity index (χ3n) is 10.5. The maximum absolute atomic E-state index is 13.7. The fourth-order valence-electron chi connectivity index (χ4n) is 5.17. The molecule has 0 fully saturated rings. The zero-order valence-electron chi connectivity index (χ0n) is 28.7. The molecule has 0 aromatic heterocycles. The number of rotatable bonds is 10. The molecule has 0 spiro atoms. The molecule has 2 aliphatic rings. The Labute approximate surface area is 260 Å². The smallest absolute Gasteiger partial charge is 0.413 e. The van der Waals surface area contributed by atoms with Gasteiger partial charge in [0.15, 0.2) is 22.4 Å². The molecule has 0 radical (unpaired) electrons. The highest BCUT2D eigenvalue weighted by molar-refractivity contribution is 7.87. The van der Waals surface area contributed by atoms with Gasteiger partial charge in [0.25, 0.3) is 0 Å². The number of ketones is 1. The normalized spacial score (nSPS) is 28.3. The van der Waals surface area contributed by atoms with E-state index in [-0.39, 0.29) is 46.8 Å². The summed E-state index contributed by atoms with van der Waals surface area (Å²) in [7, 11) is -10.6. The van der Waals surface area contributed by atoms with Crippen LogP contribution in [0.5, 0.6) is 0 Å². The topological polar surface area (TPSA) is 78.9 Å². The molecule has 0 bridgehead atoms. The Morgan fingerprint density at radius 2 is 1.35 bits per heavy atom. The zero-order chi connectivity index (χ0) is 33.8. The van der Waals surface area contributed by atoms with Crippen molar-refractivity contribution >= 4 is 32.5 Å². The predicted octanol–water partition coefficient (Wildman–Crippen LogP) is 9.27. The van der Waals surface area contributed by atoms with Gasteiger partial charge in [-0.1, -0.05) is 68.4 Å². The molecule has 0 amide bonds. The Morgan fingerprint density at radius 3 is 1.77 bits per heavy atom. The molecule has 0 heterocycles. The molecule has 0 unspecified atom stereocenters. The molecule has 0 aliphatic heterocycles. The van der Waals surface area contributed by atoms with E-state index in [1.54, 1.807) is 13.0 Å². The molecular formula is C31H55F3O6SSi2. The lowest BCUT2D eigenvalue weighted by molar-refractivity contribution is -0.118. The van der Waals surface area contributed by atoms with Crippen LogP contribution in [-0.4, -0.2) is 48.6 Å². The zero-order valence-corrected chi connectivity index (χ0v) is 31.5. The summed E-state index contributed by atoms with van der Waals surface area (Å²) in [4.78, 5) is 12.6. The van der Waals surface area contributed by atoms with E-state index in [1.807, 2.05) is 26.8 Å². The van der Waals surface area contributed by atoms with Gasteiger partial charge in [0, 0.05) is 11.8 Å². The highest BCUT2D eigenvalue weighted by Crippen LogP contribution is 2.56. The lowest BCUT2D eigenvalue weighted by atomic mass is 9.70. The van der Waals surface area contributed by atoms with E-state index in [0.717, 1.165) is 0 Å². The number of carbonyl (C=O) groups is 1. The van der Waals surface area contributed by atoms with E-state index < -0.39 is 55.3 Å². The third-order valence-corrected chi connectivity index (χ3v) is 20.5. The minimum absolute atomic E-state index is 0.0327. The summed E-state index contributed by atoms with van der Waals surface area (Å²) in [5.74, 6) is -0.456. The second-order valence-electron chi connectivity index (χ2n) is 16.4. The van der Waals surface area contributed by atoms with Gasteiger partial charge < -0.3 is 13.0 Å². The van der Waals surface area contributed by atoms with Crippen molar-refractivity contribution in [3.05, 3.63) is 23.5 Å². The predicted molar refractivity (Wildman–Crippen MR) is 171 cm³/mol. The van der Waals surface area contributed by atoms with Gasteiger partial charge in [-0.2, -0.15) is 21.6 Å². The van der Waals surface area contributed by atoms with Crippen LogP contribution in [0.2, 0.25) is 36.3 Å². The first-order chi connectivity index (χ1) is 18.9. The summed E-state index contributed by atoms with van der Waals surface area (Å²) in [5.41, 5.74) is -6.84. The van der Waals surface area contributed by atoms with E-state index in [0.29, 0.717) is 12.0 Å². The summed E-state index contributed by atoms with van der Waals surface area (Å²) in [6.45, 7) is 28.5. The number of alkyl halides is 3. The van der Waals surface area contributed by atoms with Crippen LogP contribution in [0.3, 0.4) is 0 Å². The highest BCUT2D eigenvalue weighted by Gasteiger charge is 2.57. The SMILES string of the molecule is CC(C)C1=C(OS(=O)(=O)C(F)(F)F)[C@@](C)(CC[C@]2(C)C=CC(=O)C[C@@H]2O[Si](C)(C)C(C)(C)C)[C@H](O[Si](C)(C)C(C)(C)C)C1. The van der Waals surface area contributed by atoms with Crippen LogP contribution in [0.4, 0.5) is 13.2 Å². The molecule has 2 rings (SSSR count). The highest BCUT2D eigenvalue weighted by atomic mass is 32.2. The molecule has 12 heteroatoms. The first-order valence-electron chi connectivity index (χ1n) is 15.2. The van der Waals surface area contributed by atoms with Crippen molar-refractivity contribution in [3.8, 4) is 0 Å². The summed E-state index contributed by atoms with van der Waals surface area (Å²) < 4.78 is 84.6. The molecule has 2 aliphatic carbocycles. The van der Waals surface area contributed by atoms with Crippen molar-refractivity contribution in [1.82, 2.24) is 0 Å². The Hall–Kier alpha value is -0.956. The summed E-state index contributed by atoms with van der Waals surface area (Å²) in [6.07, 6.45) is 3.60. The van der Waals surface area contributed by atoms with Gasteiger partial charge in [-0.15, -0.1) is 0 Å². The molecule has 0 aromatic carbocycles. The van der Waals surface area contributed by atoms with E-state index in [4.69, 9.17) is 13.0 Å². The molecule has 0 N–H and O–H groups in total. The van der Waals surface area contributed by atoms with Gasteiger partial charge in [-0.3, -0.25) is 4.79 Å². The number of carbonyl (C=O) groups excluding carboxylic acids is 1. The summed E-state index contributed by atoms with van der Waals surface area (Å²) in [6, 6.07) is 0. The fraction of sp³-hybridized carbons (Fsp3) is 0.839. The fourth-order valence-corrected chi connectivity index (χ4v) is 8.61. The minimum atomic E-state index is -5.91. The first kappa shape index (κ1) is 38.2. The Morgan fingerprint density at radius 1 is 0.884 bits per heavy atom. The van der Waals surface area contributed by atoms with E-state index in [9.17, 15) is 26.4 Å². The Kier molecular flexibility index (Phi) is 10.7. The van der Waals surface area contributed by atoms with Crippen molar-refractivity contribution in [2.45, 2.75) is 149 Å². The van der Waals surface area contributed by atoms with E-state index in [2.05, 4.69) is 67.7 Å². The van der Waals surface area contributed by atoms with Gasteiger partial charge in [-0.05, 0) is 80.0 Å². The molecule has 0 aromatic rings. The van der Waals surface area contributed by atoms with Gasteiger partial charge in [-0.25, -0.2) is 0 Å². The lowest BCUT2D eigenvalue weighted by Crippen LogP contribution is -2.51. The molecule has 6 nitrogen and oxygen atoms in total. The van der Waals surface area contributed by atoms with Crippen LogP contribution in [0.15, 0.2) is 23.5 Å². The second-order valence-corrected chi connectivity index (χ2v) is 27.4. The molecule has 0 saturated heterocycles. The quantitative estimate of drug-likeness (QED) is 0.131. The van der Waals surface area contributed by atoms with Gasteiger partial charge in [0.1, 0.15) is 5.76 Å². The number of hydrogen-bond donors (Lipinski definition) is 0. The van der Waals surface area contributed by atoms with Crippen molar-refractivity contribution in [2.24, 2.45) is 16.7 Å². The number of halogens is 3. The van der Waals surface area contributed by atoms with Gasteiger partial charge >= 0.3 is 15.6 Å². The van der Waals surface area contributed by atoms with E-state index >= 15 is 0 Å². The van der Waals surface area contributed by atoms with E-state index in [1.165, 1.54) is 0 Å². The van der Waals surface area contributed by atoms with Crippen LogP contribution in [0, 0.1) is 16.7 Å². The second kappa shape index (κ2) is 12.0. The van der Waals surface area contributed by atoms with Crippen LogP contribution < -0.4 is 0 Å². The maximum atomic E-state index is 13.7. The van der Waals surface area contributed by atoms with Crippen molar-refractivity contribution in [1.29, 1.82) is 0 Å². The third kappa shape index (κ3) is 8.07. The molecule has 43 heavy (non-hydrogen) atoms. The minimum Gasteiger partial charge on any atom is -0.413 e. The molecule has 0 saturated carbocycles. The Bertz CT molecular complexity index is 1230. The monoisotopic (exact) mass is 668 g/mol. The lowest BCUT2D eigenvalue weighted by Gasteiger charge is -2.47. The summed E-state index contributed by atoms with van der Waals surface area (Å²) >= 11 is 0. The standard InChI is InChI=1S/C31H55F3O6SSi2/c1-21(2)23-20-25(40-43(13,14)28(6,7)8)30(10,26(23)38-41(36,37)31(32,33)34)18-17-29(9)16-15-22(35)19-24(29)39-42(11,12)27(3,4)5/h15-16,21,24-25H,17-20H2,1-14H3/t24-,25+,29-,30-/m0/s1. The average Bonchev–Trinajstić information content (AvgIpc) is 3.04. The van der Waals surface area contributed by atoms with Crippen molar-refractivity contribution < 1.29 is 39.4 Å². The van der Waals surface area contributed by atoms with Crippen LogP contribution in [0.25, 0.3) is 0 Å². The first-order valence-corrected chi connectivity index (χ1v) is 22.4. The number of hydrogen-bond acceptors (Lipinski definition) is 6. The van der Waals surface area contributed by atoms with Crippen molar-refractivity contribution in [3.63, 3.8) is 0 Å². The largest absolute Gasteiger partial charge is 0.534 e. The number of allylic oxidation sites excluding steroid dienone is 1. The molecule has 250 valence electrons. The van der Waals surface area contributed by atoms with Gasteiger partial charge in [0.05, 0.1) is 17.6 Å². The van der Waals surface area contributed by atoms with Crippen molar-refractivity contribution in [2.75, 3.05) is 0 Å². The molecular weight excluding hydrogens is 614 g/mol. The molecule has 4 atom stereocenters. The Balaban J connectivity index is 2.65. The average molecular weight is 669 g/mol. The van der Waals surface area contributed by atoms with Crippen LogP contribution in [-0.2, 0) is 27.9 Å². The maximum Gasteiger partial charge on any atom is 0.534 e.